The van der Waals surface area contributed by atoms with Gasteiger partial charge in [-0.1, -0.05) is 152 Å². The fraction of sp³-hybridized carbons (Fsp3) is 0. The minimum Gasteiger partial charge on any atom is -0.308 e. The minimum atomic E-state index is 0.660. The average molecular weight is 687 g/mol. The van der Waals surface area contributed by atoms with E-state index in [4.69, 9.17) is 9.97 Å². The number of aromatic nitrogens is 4. The Morgan fingerprint density at radius 3 is 1.59 bits per heavy atom. The summed E-state index contributed by atoms with van der Waals surface area (Å²) < 4.78 is 4.78. The van der Waals surface area contributed by atoms with Crippen molar-refractivity contribution in [2.24, 2.45) is 0 Å². The number of benzene rings is 8. The maximum absolute atomic E-state index is 5.36. The lowest BCUT2D eigenvalue weighted by Gasteiger charge is -2.11. The van der Waals surface area contributed by atoms with Gasteiger partial charge in [-0.25, -0.2) is 9.97 Å². The minimum absolute atomic E-state index is 0.660. The van der Waals surface area contributed by atoms with Crippen LogP contribution in [-0.4, -0.2) is 18.9 Å². The molecule has 0 bridgehead atoms. The summed E-state index contributed by atoms with van der Waals surface area (Å²) in [6.07, 6.45) is 0. The van der Waals surface area contributed by atoms with Crippen LogP contribution in [-0.2, 0) is 0 Å². The number of fused-ring (bicyclic) bond motifs is 15. The van der Waals surface area contributed by atoms with Gasteiger partial charge in [0.05, 0.1) is 38.8 Å². The van der Waals surface area contributed by atoms with Crippen LogP contribution in [0.5, 0.6) is 0 Å². The summed E-state index contributed by atoms with van der Waals surface area (Å²) in [5.74, 6) is 0.660. The normalized spacial score (nSPS) is 12.1. The third kappa shape index (κ3) is 3.97. The van der Waals surface area contributed by atoms with Crippen LogP contribution in [0.25, 0.3) is 110 Å². The predicted octanol–water partition coefficient (Wildman–Crippen LogP) is 13.0. The van der Waals surface area contributed by atoms with Gasteiger partial charge in [0, 0.05) is 43.3 Å². The van der Waals surface area contributed by atoms with Gasteiger partial charge in [0.2, 0.25) is 5.95 Å². The smallest absolute Gasteiger partial charge is 0.235 e. The summed E-state index contributed by atoms with van der Waals surface area (Å²) in [5.41, 5.74) is 8.60. The molecular formula is C50H30N4. The zero-order valence-electron chi connectivity index (χ0n) is 29.1. The molecule has 0 N–H and O–H groups in total. The molecule has 0 fully saturated rings. The van der Waals surface area contributed by atoms with Crippen LogP contribution in [0, 0.1) is 0 Å². The lowest BCUT2D eigenvalue weighted by atomic mass is 10.00. The first-order chi connectivity index (χ1) is 26.8. The summed E-state index contributed by atoms with van der Waals surface area (Å²) >= 11 is 0. The zero-order valence-corrected chi connectivity index (χ0v) is 29.1. The summed E-state index contributed by atoms with van der Waals surface area (Å²) in [7, 11) is 0. The van der Waals surface area contributed by atoms with Gasteiger partial charge >= 0.3 is 0 Å². The summed E-state index contributed by atoms with van der Waals surface area (Å²) in [5, 5.41) is 13.2. The van der Waals surface area contributed by atoms with Crippen LogP contribution < -0.4 is 0 Å². The fourth-order valence-electron chi connectivity index (χ4n) is 9.08. The van der Waals surface area contributed by atoms with Crippen molar-refractivity contribution in [1.82, 2.24) is 18.9 Å². The van der Waals surface area contributed by atoms with Gasteiger partial charge in [-0.15, -0.1) is 0 Å². The molecule has 0 atom stereocenters. The highest BCUT2D eigenvalue weighted by molar-refractivity contribution is 6.32. The molecule has 0 unspecified atom stereocenters. The Bertz CT molecular complexity index is 3560. The van der Waals surface area contributed by atoms with Gasteiger partial charge in [-0.3, -0.25) is 4.57 Å². The van der Waals surface area contributed by atoms with Gasteiger partial charge in [0.15, 0.2) is 0 Å². The van der Waals surface area contributed by atoms with Crippen molar-refractivity contribution in [3.8, 4) is 17.2 Å². The van der Waals surface area contributed by atoms with Crippen LogP contribution in [0.1, 0.15) is 0 Å². The Morgan fingerprint density at radius 1 is 0.315 bits per heavy atom. The van der Waals surface area contributed by atoms with Gasteiger partial charge in [-0.05, 0) is 51.9 Å². The van der Waals surface area contributed by atoms with Gasteiger partial charge < -0.3 is 4.40 Å². The number of rotatable bonds is 2. The Morgan fingerprint density at radius 2 is 0.833 bits per heavy atom. The molecule has 0 saturated carbocycles. The molecule has 0 aliphatic rings. The molecule has 0 aliphatic carbocycles. The predicted molar refractivity (Wildman–Crippen MR) is 227 cm³/mol. The Kier molecular flexibility index (Phi) is 6.02. The van der Waals surface area contributed by atoms with Gasteiger partial charge in [-0.2, -0.15) is 0 Å². The number of hydrogen-bond donors (Lipinski definition) is 0. The molecule has 4 heterocycles. The fourth-order valence-corrected chi connectivity index (χ4v) is 9.08. The van der Waals surface area contributed by atoms with Gasteiger partial charge in [0.1, 0.15) is 0 Å². The van der Waals surface area contributed by atoms with E-state index >= 15 is 0 Å². The van der Waals surface area contributed by atoms with Crippen LogP contribution in [0.15, 0.2) is 182 Å². The van der Waals surface area contributed by atoms with Crippen LogP contribution in [0.2, 0.25) is 0 Å². The average Bonchev–Trinajstić information content (AvgIpc) is 3.77. The van der Waals surface area contributed by atoms with E-state index < -0.39 is 0 Å². The highest BCUT2D eigenvalue weighted by Gasteiger charge is 2.22. The second-order valence-corrected chi connectivity index (χ2v) is 14.1. The van der Waals surface area contributed by atoms with Crippen molar-refractivity contribution >= 4 is 92.3 Å². The molecule has 12 aromatic rings. The highest BCUT2D eigenvalue weighted by Crippen LogP contribution is 2.44. The second-order valence-electron chi connectivity index (χ2n) is 14.1. The molecule has 0 spiro atoms. The lowest BCUT2D eigenvalue weighted by Crippen LogP contribution is -2.03. The molecule has 8 aromatic carbocycles. The molecule has 0 saturated heterocycles. The van der Waals surface area contributed by atoms with E-state index in [1.165, 1.54) is 70.4 Å². The van der Waals surface area contributed by atoms with Crippen LogP contribution in [0.3, 0.4) is 0 Å². The Balaban J connectivity index is 1.32. The first-order valence-electron chi connectivity index (χ1n) is 18.4. The van der Waals surface area contributed by atoms with Crippen molar-refractivity contribution in [3.63, 3.8) is 0 Å². The first-order valence-corrected chi connectivity index (χ1v) is 18.4. The molecular weight excluding hydrogens is 657 g/mol. The topological polar surface area (TPSA) is 35.1 Å². The third-order valence-electron chi connectivity index (χ3n) is 11.3. The molecule has 4 heteroatoms. The molecule has 0 radical (unpaired) electrons. The first kappa shape index (κ1) is 29.3. The molecule has 12 rings (SSSR count). The van der Waals surface area contributed by atoms with Crippen LogP contribution >= 0.6 is 0 Å². The lowest BCUT2D eigenvalue weighted by molar-refractivity contribution is 1.01. The van der Waals surface area contributed by atoms with Gasteiger partial charge in [0.25, 0.3) is 0 Å². The summed E-state index contributed by atoms with van der Waals surface area (Å²) in [4.78, 5) is 10.6. The quantitative estimate of drug-likeness (QED) is 0.181. The molecule has 250 valence electrons. The molecule has 0 aliphatic heterocycles. The molecule has 4 aromatic heterocycles. The maximum atomic E-state index is 5.36. The molecule has 54 heavy (non-hydrogen) atoms. The maximum Gasteiger partial charge on any atom is 0.235 e. The van der Waals surface area contributed by atoms with E-state index in [2.05, 4.69) is 185 Å². The molecule has 4 nitrogen and oxygen atoms in total. The van der Waals surface area contributed by atoms with Crippen molar-refractivity contribution < 1.29 is 0 Å². The number of para-hydroxylation sites is 4. The standard InChI is InChI=1S/C50H30N4/c1-2-15-31(16-3-1)48-38-22-8-11-26-41(38)51-50(52-48)54-43-28-13-10-23-39(43)46-45(54)30-29-44-47(46)40-25-14-24-37-35-20-7-5-18-33(35)32-17-4-6-19-34(32)36-21-9-12-27-42(36)53(44)49(37)40/h1-30H. The van der Waals surface area contributed by atoms with Crippen molar-refractivity contribution in [2.45, 2.75) is 0 Å². The van der Waals surface area contributed by atoms with E-state index in [-0.39, 0.29) is 0 Å². The molecule has 0 amide bonds. The Hall–Kier alpha value is -7.30. The largest absolute Gasteiger partial charge is 0.308 e. The van der Waals surface area contributed by atoms with E-state index in [1.807, 2.05) is 6.07 Å². The SMILES string of the molecule is c1ccc(-c2nc(-n3c4ccccc4c4c5c6cccc7c8ccccc8c8ccccc8c8ccccc8n(c5ccc43)c76)nc3ccccc23)cc1. The van der Waals surface area contributed by atoms with E-state index in [1.54, 1.807) is 0 Å². The van der Waals surface area contributed by atoms with Crippen molar-refractivity contribution in [1.29, 1.82) is 0 Å². The van der Waals surface area contributed by atoms with Crippen molar-refractivity contribution in [3.05, 3.63) is 182 Å². The monoisotopic (exact) mass is 686 g/mol. The summed E-state index contributed by atoms with van der Waals surface area (Å²) in [6.45, 7) is 0. The number of hydrogen-bond acceptors (Lipinski definition) is 2. The third-order valence-corrected chi connectivity index (χ3v) is 11.3. The second kappa shape index (κ2) is 11.1. The highest BCUT2D eigenvalue weighted by atomic mass is 15.2. The Labute approximate surface area is 309 Å². The zero-order chi connectivity index (χ0) is 35.3. The van der Waals surface area contributed by atoms with Crippen LogP contribution in [0.4, 0.5) is 0 Å². The number of nitrogens with zero attached hydrogens (tertiary/aromatic N) is 4. The van der Waals surface area contributed by atoms with E-state index in [9.17, 15) is 0 Å². The van der Waals surface area contributed by atoms with E-state index in [0.29, 0.717) is 5.95 Å². The van der Waals surface area contributed by atoms with Crippen molar-refractivity contribution in [2.75, 3.05) is 0 Å². The van der Waals surface area contributed by atoms with E-state index in [0.717, 1.165) is 33.2 Å². The summed E-state index contributed by atoms with van der Waals surface area (Å²) in [6, 6.07) is 65.5.